The lowest BCUT2D eigenvalue weighted by molar-refractivity contribution is -0.136. The number of rotatable bonds is 12. The Bertz CT molecular complexity index is 2080. The Hall–Kier alpha value is -5.48. The van der Waals surface area contributed by atoms with Crippen molar-refractivity contribution in [2.45, 2.75) is 77.5 Å². The van der Waals surface area contributed by atoms with Crippen molar-refractivity contribution in [1.82, 2.24) is 40.4 Å². The van der Waals surface area contributed by atoms with Gasteiger partial charge in [0.1, 0.15) is 23.7 Å². The number of thiophene rings is 2. The third kappa shape index (κ3) is 8.53. The second kappa shape index (κ2) is 17.6. The maximum atomic E-state index is 13.6. The van der Waals surface area contributed by atoms with Crippen molar-refractivity contribution in [3.63, 3.8) is 0 Å². The van der Waals surface area contributed by atoms with Crippen LogP contribution in [0.4, 0.5) is 9.59 Å². The zero-order valence-corrected chi connectivity index (χ0v) is 35.2. The van der Waals surface area contributed by atoms with Gasteiger partial charge >= 0.3 is 12.2 Å². The summed E-state index contributed by atoms with van der Waals surface area (Å²) in [5, 5.41) is 5.41. The van der Waals surface area contributed by atoms with Gasteiger partial charge in [0.2, 0.25) is 11.8 Å². The summed E-state index contributed by atoms with van der Waals surface area (Å²) < 4.78 is 9.53. The van der Waals surface area contributed by atoms with Crippen LogP contribution >= 0.6 is 22.7 Å². The smallest absolute Gasteiger partial charge is 0.407 e. The molecule has 4 atom stereocenters. The van der Waals surface area contributed by atoms with Crippen LogP contribution in [0, 0.1) is 11.8 Å². The van der Waals surface area contributed by atoms with Gasteiger partial charge < -0.3 is 39.9 Å². The van der Waals surface area contributed by atoms with Crippen LogP contribution in [0.15, 0.2) is 60.9 Å². The van der Waals surface area contributed by atoms with Crippen molar-refractivity contribution in [3.05, 3.63) is 72.6 Å². The second-order valence-electron chi connectivity index (χ2n) is 15.4. The number of methoxy groups -OCH3 is 2. The lowest BCUT2D eigenvalue weighted by atomic mass is 10.0. The number of carbonyl (C=O) groups excluding carboxylic acids is 4. The third-order valence-electron chi connectivity index (χ3n) is 10.9. The van der Waals surface area contributed by atoms with Gasteiger partial charge in [-0.05, 0) is 72.9 Å². The minimum absolute atomic E-state index is 0.101. The van der Waals surface area contributed by atoms with E-state index >= 15 is 0 Å². The quantitative estimate of drug-likeness (QED) is 0.0979. The zero-order valence-electron chi connectivity index (χ0n) is 33.5. The van der Waals surface area contributed by atoms with Gasteiger partial charge in [-0.3, -0.25) is 9.59 Å². The van der Waals surface area contributed by atoms with E-state index in [2.05, 4.69) is 69.1 Å². The number of likely N-dealkylation sites (tertiary alicyclic amines) is 2. The van der Waals surface area contributed by atoms with Crippen molar-refractivity contribution in [2.24, 2.45) is 11.8 Å². The number of ether oxygens (including phenoxy) is 2. The molecule has 4 aromatic heterocycles. The number of nitrogens with zero attached hydrogens (tertiary/aromatic N) is 4. The number of nitrogens with one attached hydrogen (secondary N) is 4. The molecule has 1 aromatic carbocycles. The average molecular weight is 827 g/mol. The van der Waals surface area contributed by atoms with Gasteiger partial charge in [-0.2, -0.15) is 0 Å². The topological polar surface area (TPSA) is 175 Å². The van der Waals surface area contributed by atoms with E-state index < -0.39 is 24.3 Å². The minimum atomic E-state index is -0.684. The summed E-state index contributed by atoms with van der Waals surface area (Å²) in [6, 6.07) is 15.2. The molecule has 4 N–H and O–H groups in total. The fourth-order valence-electron chi connectivity index (χ4n) is 7.72. The van der Waals surface area contributed by atoms with E-state index in [4.69, 9.17) is 19.4 Å². The van der Waals surface area contributed by atoms with Gasteiger partial charge in [-0.15, -0.1) is 22.7 Å². The number of imidazole rings is 2. The van der Waals surface area contributed by atoms with E-state index in [1.54, 1.807) is 22.7 Å². The Morgan fingerprint density at radius 1 is 0.638 bits per heavy atom. The lowest BCUT2D eigenvalue weighted by Crippen LogP contribution is -2.51. The van der Waals surface area contributed by atoms with E-state index in [0.717, 1.165) is 79.4 Å². The highest BCUT2D eigenvalue weighted by molar-refractivity contribution is 7.19. The van der Waals surface area contributed by atoms with E-state index in [1.165, 1.54) is 14.2 Å². The molecule has 0 saturated carbocycles. The van der Waals surface area contributed by atoms with Crippen molar-refractivity contribution in [3.8, 4) is 42.0 Å². The first-order valence-corrected chi connectivity index (χ1v) is 21.3. The van der Waals surface area contributed by atoms with E-state index in [1.807, 2.05) is 49.9 Å². The molecule has 16 heteroatoms. The summed E-state index contributed by atoms with van der Waals surface area (Å²) in [5.41, 5.74) is 4.01. The first-order valence-electron chi connectivity index (χ1n) is 19.7. The number of alkyl carbamates (subject to hydrolysis) is 2. The third-order valence-corrected chi connectivity index (χ3v) is 13.2. The van der Waals surface area contributed by atoms with Gasteiger partial charge in [-0.1, -0.05) is 52.0 Å². The Labute approximate surface area is 345 Å². The predicted molar refractivity (Wildman–Crippen MR) is 224 cm³/mol. The van der Waals surface area contributed by atoms with Crippen LogP contribution in [0.5, 0.6) is 0 Å². The first kappa shape index (κ1) is 40.7. The highest BCUT2D eigenvalue weighted by Crippen LogP contribution is 2.40. The maximum absolute atomic E-state index is 13.6. The van der Waals surface area contributed by atoms with Gasteiger partial charge in [-0.25, -0.2) is 19.6 Å². The lowest BCUT2D eigenvalue weighted by Gasteiger charge is -2.30. The van der Waals surface area contributed by atoms with Crippen molar-refractivity contribution in [2.75, 3.05) is 27.3 Å². The minimum Gasteiger partial charge on any atom is -0.453 e. The molecule has 6 heterocycles. The molecular weight excluding hydrogens is 777 g/mol. The molecule has 4 unspecified atom stereocenters. The fourth-order valence-corrected chi connectivity index (χ4v) is 9.68. The van der Waals surface area contributed by atoms with Crippen LogP contribution in [0.2, 0.25) is 0 Å². The molecule has 4 amide bonds. The molecule has 58 heavy (non-hydrogen) atoms. The average Bonchev–Trinajstić information content (AvgIpc) is 4.07. The number of benzene rings is 1. The molecule has 2 aliphatic heterocycles. The molecule has 0 radical (unpaired) electrons. The van der Waals surface area contributed by atoms with Crippen LogP contribution < -0.4 is 10.6 Å². The number of carbonyl (C=O) groups is 4. The molecule has 2 fully saturated rings. The van der Waals surface area contributed by atoms with Crippen molar-refractivity contribution < 1.29 is 28.7 Å². The number of aromatic nitrogens is 4. The van der Waals surface area contributed by atoms with Gasteiger partial charge in [0, 0.05) is 22.8 Å². The molecule has 0 bridgehead atoms. The summed E-state index contributed by atoms with van der Waals surface area (Å²) in [7, 11) is 2.59. The van der Waals surface area contributed by atoms with Crippen LogP contribution in [-0.4, -0.2) is 93.1 Å². The molecule has 14 nitrogen and oxygen atoms in total. The number of hydrogen-bond acceptors (Lipinski definition) is 10. The zero-order chi connectivity index (χ0) is 41.1. The Morgan fingerprint density at radius 2 is 1.02 bits per heavy atom. The molecule has 2 saturated heterocycles. The van der Waals surface area contributed by atoms with Gasteiger partial charge in [0.15, 0.2) is 0 Å². The summed E-state index contributed by atoms with van der Waals surface area (Å²) in [4.78, 5) is 75.4. The standard InChI is InChI=1S/C42H50N8O6S2/c1-23(2)35(47-41(53)55-5)39(51)49-19-7-9-29(49)37-43-21-27(45-37)33-17-15-31(57-33)25-11-13-26(14-12-25)32-16-18-34(58-32)28-22-44-38(46-28)30-10-8-20-50(30)40(52)36(24(3)4)48-42(54)56-6/h11-18,21-24,29-30,35-36H,7-10,19-20H2,1-6H3,(H,43,45)(H,44,46)(H,47,53)(H,48,54). The second-order valence-corrected chi connectivity index (χ2v) is 17.5. The monoisotopic (exact) mass is 826 g/mol. The van der Waals surface area contributed by atoms with Crippen LogP contribution in [0.1, 0.15) is 77.1 Å². The molecular formula is C42H50N8O6S2. The molecule has 0 aliphatic carbocycles. The first-order chi connectivity index (χ1) is 27.9. The number of aromatic amines is 2. The molecule has 7 rings (SSSR count). The van der Waals surface area contributed by atoms with E-state index in [0.29, 0.717) is 13.1 Å². The summed E-state index contributed by atoms with van der Waals surface area (Å²) in [6.45, 7) is 8.82. The highest BCUT2D eigenvalue weighted by atomic mass is 32.1. The number of hydrogen-bond donors (Lipinski definition) is 4. The summed E-state index contributed by atoms with van der Waals surface area (Å²) in [5.74, 6) is 1.01. The highest BCUT2D eigenvalue weighted by Gasteiger charge is 2.39. The number of amides is 4. The van der Waals surface area contributed by atoms with Gasteiger partial charge in [0.25, 0.3) is 0 Å². The fraction of sp³-hybridized carbons (Fsp3) is 0.429. The molecule has 5 aromatic rings. The van der Waals surface area contributed by atoms with Crippen LogP contribution in [-0.2, 0) is 19.1 Å². The number of H-pyrrole nitrogens is 2. The molecule has 306 valence electrons. The van der Waals surface area contributed by atoms with Crippen molar-refractivity contribution >= 4 is 46.7 Å². The predicted octanol–water partition coefficient (Wildman–Crippen LogP) is 8.01. The largest absolute Gasteiger partial charge is 0.453 e. The SMILES string of the molecule is COC(=O)NC(C(=O)N1CCCC1c1ncc(-c2ccc(-c3ccc(-c4ccc(-c5cnc(C6CCCN6C(=O)C(NC(=O)OC)C(C)C)[nH]5)s4)cc3)s2)[nH]1)C(C)C. The normalized spacial score (nSPS) is 17.8. The van der Waals surface area contributed by atoms with Crippen LogP contribution in [0.25, 0.3) is 42.0 Å². The van der Waals surface area contributed by atoms with Crippen LogP contribution in [0.3, 0.4) is 0 Å². The Balaban J connectivity index is 0.999. The van der Waals surface area contributed by atoms with E-state index in [-0.39, 0.29) is 35.7 Å². The van der Waals surface area contributed by atoms with E-state index in [9.17, 15) is 19.2 Å². The Kier molecular flexibility index (Phi) is 12.3. The molecule has 0 spiro atoms. The summed E-state index contributed by atoms with van der Waals surface area (Å²) >= 11 is 3.35. The van der Waals surface area contributed by atoms with Gasteiger partial charge in [0.05, 0.1) is 59.8 Å². The Morgan fingerprint density at radius 3 is 1.38 bits per heavy atom. The summed E-state index contributed by atoms with van der Waals surface area (Å²) in [6.07, 6.45) is 5.70. The van der Waals surface area contributed by atoms with Crippen molar-refractivity contribution in [1.29, 1.82) is 0 Å². The molecule has 2 aliphatic rings. The maximum Gasteiger partial charge on any atom is 0.407 e.